The van der Waals surface area contributed by atoms with Gasteiger partial charge in [0.15, 0.2) is 0 Å². The largest absolute Gasteiger partial charge is 0.468 e. The lowest BCUT2D eigenvalue weighted by Crippen LogP contribution is -2.15. The average molecular weight is 319 g/mol. The summed E-state index contributed by atoms with van der Waals surface area (Å²) in [5.41, 5.74) is 0.872. The molecule has 94 valence electrons. The number of hydrogen-bond acceptors (Lipinski definition) is 4. The number of methoxy groups -OCH3 is 1. The highest BCUT2D eigenvalue weighted by Gasteiger charge is 2.24. The van der Waals surface area contributed by atoms with Gasteiger partial charge in [-0.2, -0.15) is 0 Å². The van der Waals surface area contributed by atoms with Gasteiger partial charge in [0, 0.05) is 9.72 Å². The molecule has 0 heterocycles. The molecule has 2 atom stereocenters. The minimum absolute atomic E-state index is 0.0157. The predicted molar refractivity (Wildman–Crippen MR) is 73.0 cm³/mol. The third-order valence-corrected chi connectivity index (χ3v) is 4.04. The molecule has 0 aliphatic rings. The highest BCUT2D eigenvalue weighted by Crippen LogP contribution is 2.34. The molecule has 0 fully saturated rings. The van der Waals surface area contributed by atoms with E-state index in [4.69, 9.17) is 9.84 Å². The maximum absolute atomic E-state index is 11.7. The number of carbonyl (C=O) groups excluding carboxylic acids is 1. The quantitative estimate of drug-likeness (QED) is 0.848. The first-order chi connectivity index (χ1) is 8.08. The predicted octanol–water partition coefficient (Wildman–Crippen LogP) is 2.78. The van der Waals surface area contributed by atoms with E-state index < -0.39 is 5.25 Å². The zero-order valence-electron chi connectivity index (χ0n) is 9.72. The molecule has 0 saturated heterocycles. The topological polar surface area (TPSA) is 46.5 Å². The second kappa shape index (κ2) is 7.03. The molecule has 0 saturated carbocycles. The maximum Gasteiger partial charge on any atom is 0.323 e. The fourth-order valence-corrected chi connectivity index (χ4v) is 2.80. The molecule has 0 radical (unpaired) electrons. The van der Waals surface area contributed by atoms with Crippen LogP contribution in [0.2, 0.25) is 0 Å². The van der Waals surface area contributed by atoms with Gasteiger partial charge in [-0.1, -0.05) is 35.0 Å². The zero-order valence-corrected chi connectivity index (χ0v) is 12.1. The van der Waals surface area contributed by atoms with Gasteiger partial charge in [0.2, 0.25) is 0 Å². The first kappa shape index (κ1) is 14.5. The minimum atomic E-state index is -0.403. The van der Waals surface area contributed by atoms with E-state index in [-0.39, 0.29) is 17.8 Å². The second-order valence-corrected chi connectivity index (χ2v) is 6.05. The summed E-state index contributed by atoms with van der Waals surface area (Å²) in [6.07, 6.45) is 0. The molecule has 1 aromatic rings. The van der Waals surface area contributed by atoms with Gasteiger partial charge in [-0.15, -0.1) is 11.8 Å². The van der Waals surface area contributed by atoms with Crippen molar-refractivity contribution in [3.8, 4) is 0 Å². The van der Waals surface area contributed by atoms with E-state index in [1.165, 1.54) is 18.9 Å². The Bertz CT molecular complexity index is 384. The SMILES string of the molecule is COC(=O)C(SC(C)CO)c1cccc(Br)c1. The molecule has 17 heavy (non-hydrogen) atoms. The number of rotatable bonds is 5. The number of carbonyl (C=O) groups is 1. The third kappa shape index (κ3) is 4.33. The van der Waals surface area contributed by atoms with Crippen LogP contribution in [0.3, 0.4) is 0 Å². The Morgan fingerprint density at radius 3 is 2.82 bits per heavy atom. The van der Waals surface area contributed by atoms with Crippen molar-refractivity contribution in [3.05, 3.63) is 34.3 Å². The van der Waals surface area contributed by atoms with Crippen molar-refractivity contribution in [3.63, 3.8) is 0 Å². The molecule has 1 rings (SSSR count). The van der Waals surface area contributed by atoms with Crippen LogP contribution in [0.15, 0.2) is 28.7 Å². The van der Waals surface area contributed by atoms with Gasteiger partial charge in [-0.25, -0.2) is 0 Å². The number of thioether (sulfide) groups is 1. The Kier molecular flexibility index (Phi) is 6.02. The van der Waals surface area contributed by atoms with E-state index in [1.807, 2.05) is 31.2 Å². The van der Waals surface area contributed by atoms with E-state index >= 15 is 0 Å². The van der Waals surface area contributed by atoms with Crippen LogP contribution >= 0.6 is 27.7 Å². The van der Waals surface area contributed by atoms with Crippen molar-refractivity contribution in [1.29, 1.82) is 0 Å². The number of hydrogen-bond donors (Lipinski definition) is 1. The van der Waals surface area contributed by atoms with Crippen LogP contribution in [-0.2, 0) is 9.53 Å². The molecule has 0 spiro atoms. The first-order valence-electron chi connectivity index (χ1n) is 5.18. The molecular formula is C12H15BrO3S. The van der Waals surface area contributed by atoms with E-state index in [1.54, 1.807) is 0 Å². The summed E-state index contributed by atoms with van der Waals surface area (Å²) in [6, 6.07) is 7.54. The maximum atomic E-state index is 11.7. The minimum Gasteiger partial charge on any atom is -0.468 e. The zero-order chi connectivity index (χ0) is 12.8. The van der Waals surface area contributed by atoms with E-state index in [0.29, 0.717) is 0 Å². The van der Waals surface area contributed by atoms with Crippen molar-refractivity contribution >= 4 is 33.7 Å². The molecule has 1 aromatic carbocycles. The molecule has 5 heteroatoms. The van der Waals surface area contributed by atoms with Gasteiger partial charge in [0.05, 0.1) is 13.7 Å². The Balaban J connectivity index is 2.93. The highest BCUT2D eigenvalue weighted by molar-refractivity contribution is 9.10. The summed E-state index contributed by atoms with van der Waals surface area (Å²) in [4.78, 5) is 11.7. The van der Waals surface area contributed by atoms with Crippen LogP contribution < -0.4 is 0 Å². The number of esters is 1. The molecule has 3 nitrogen and oxygen atoms in total. The normalized spacial score (nSPS) is 14.1. The van der Waals surface area contributed by atoms with Crippen LogP contribution in [0, 0.1) is 0 Å². The summed E-state index contributed by atoms with van der Waals surface area (Å²) < 4.78 is 5.71. The van der Waals surface area contributed by atoms with Crippen LogP contribution in [0.4, 0.5) is 0 Å². The molecule has 0 amide bonds. The van der Waals surface area contributed by atoms with Gasteiger partial charge in [-0.3, -0.25) is 4.79 Å². The Labute approximate surface area is 114 Å². The van der Waals surface area contributed by atoms with Crippen molar-refractivity contribution in [2.45, 2.75) is 17.4 Å². The number of aliphatic hydroxyl groups is 1. The van der Waals surface area contributed by atoms with Crippen molar-refractivity contribution in [1.82, 2.24) is 0 Å². The van der Waals surface area contributed by atoms with Crippen LogP contribution in [0.1, 0.15) is 17.7 Å². The molecule has 0 bridgehead atoms. The number of halogens is 1. The van der Waals surface area contributed by atoms with E-state index in [0.717, 1.165) is 10.0 Å². The number of aliphatic hydroxyl groups excluding tert-OH is 1. The molecule has 1 N–H and O–H groups in total. The van der Waals surface area contributed by atoms with Crippen molar-refractivity contribution in [2.24, 2.45) is 0 Å². The Hall–Kier alpha value is -0.520. The highest BCUT2D eigenvalue weighted by atomic mass is 79.9. The van der Waals surface area contributed by atoms with Gasteiger partial charge in [0.1, 0.15) is 5.25 Å². The van der Waals surface area contributed by atoms with Crippen molar-refractivity contribution < 1.29 is 14.6 Å². The van der Waals surface area contributed by atoms with Crippen LogP contribution in [0.25, 0.3) is 0 Å². The summed E-state index contributed by atoms with van der Waals surface area (Å²) in [5, 5.41) is 8.64. The average Bonchev–Trinajstić information content (AvgIpc) is 2.34. The lowest BCUT2D eigenvalue weighted by molar-refractivity contribution is -0.140. The molecular weight excluding hydrogens is 304 g/mol. The van der Waals surface area contributed by atoms with Crippen LogP contribution in [-0.4, -0.2) is 30.0 Å². The molecule has 2 unspecified atom stereocenters. The van der Waals surface area contributed by atoms with Gasteiger partial charge in [0.25, 0.3) is 0 Å². The summed E-state index contributed by atoms with van der Waals surface area (Å²) in [7, 11) is 1.37. The van der Waals surface area contributed by atoms with Gasteiger partial charge < -0.3 is 9.84 Å². The monoisotopic (exact) mass is 318 g/mol. The number of benzene rings is 1. The number of ether oxygens (including phenoxy) is 1. The first-order valence-corrected chi connectivity index (χ1v) is 6.91. The third-order valence-electron chi connectivity index (χ3n) is 2.19. The Morgan fingerprint density at radius 2 is 2.29 bits per heavy atom. The van der Waals surface area contributed by atoms with Gasteiger partial charge in [-0.05, 0) is 17.7 Å². The van der Waals surface area contributed by atoms with E-state index in [9.17, 15) is 4.79 Å². The fraction of sp³-hybridized carbons (Fsp3) is 0.417. The van der Waals surface area contributed by atoms with E-state index in [2.05, 4.69) is 15.9 Å². The molecule has 0 aliphatic heterocycles. The standard InChI is InChI=1S/C12H15BrO3S/c1-8(7-14)17-11(12(15)16-2)9-4-3-5-10(13)6-9/h3-6,8,11,14H,7H2,1-2H3. The Morgan fingerprint density at radius 1 is 1.59 bits per heavy atom. The fourth-order valence-electron chi connectivity index (χ4n) is 1.32. The summed E-state index contributed by atoms with van der Waals surface area (Å²) >= 11 is 4.77. The lowest BCUT2D eigenvalue weighted by Gasteiger charge is -2.18. The van der Waals surface area contributed by atoms with Crippen molar-refractivity contribution in [2.75, 3.05) is 13.7 Å². The summed E-state index contributed by atoms with van der Waals surface area (Å²) in [6.45, 7) is 1.91. The molecule has 0 aromatic heterocycles. The summed E-state index contributed by atoms with van der Waals surface area (Å²) in [5.74, 6) is -0.298. The molecule has 0 aliphatic carbocycles. The lowest BCUT2D eigenvalue weighted by atomic mass is 10.1. The second-order valence-electron chi connectivity index (χ2n) is 3.59. The van der Waals surface area contributed by atoms with Crippen LogP contribution in [0.5, 0.6) is 0 Å². The smallest absolute Gasteiger partial charge is 0.323 e. The van der Waals surface area contributed by atoms with Gasteiger partial charge >= 0.3 is 5.97 Å².